The molecule has 1 amide bonds. The minimum Gasteiger partial charge on any atom is -0.350 e. The number of rotatable bonds is 4. The van der Waals surface area contributed by atoms with Crippen LogP contribution in [0.4, 0.5) is 0 Å². The Morgan fingerprint density at radius 3 is 2.38 bits per heavy atom. The van der Waals surface area contributed by atoms with E-state index in [1.54, 1.807) is 6.92 Å². The Kier molecular flexibility index (Phi) is 9.29. The smallest absolute Gasteiger partial charge is 0.236 e. The Hall–Kier alpha value is -0.810. The molecule has 1 unspecified atom stereocenters. The van der Waals surface area contributed by atoms with E-state index in [4.69, 9.17) is 5.73 Å². The Bertz CT molecular complexity index is 529. The molecule has 4 nitrogen and oxygen atoms in total. The molecule has 2 rings (SSSR count). The van der Waals surface area contributed by atoms with Crippen LogP contribution in [0.15, 0.2) is 24.3 Å². The summed E-state index contributed by atoms with van der Waals surface area (Å²) >= 11 is 0. The molecule has 0 aromatic heterocycles. The van der Waals surface area contributed by atoms with Crippen molar-refractivity contribution in [3.63, 3.8) is 0 Å². The molecule has 138 valence electrons. The van der Waals surface area contributed by atoms with E-state index < -0.39 is 6.04 Å². The standard InChI is InChI=1S/C18H29N3O.2ClH/c1-13(19)17(22)20-16(18(2,3)4)12-21-10-9-14-7-5-6-8-15(14)11-21;;/h5-8,13,16H,9-12,19H2,1-4H3,(H,20,22);2*1H/t13-,16?;;/m1../s1. The zero-order chi connectivity index (χ0) is 16.3. The number of nitrogens with two attached hydrogens (primary N) is 1. The number of fused-ring (bicyclic) bond motifs is 1. The summed E-state index contributed by atoms with van der Waals surface area (Å²) in [4.78, 5) is 14.4. The molecule has 0 aliphatic carbocycles. The van der Waals surface area contributed by atoms with Gasteiger partial charge in [-0.15, -0.1) is 24.8 Å². The molecular formula is C18H31Cl2N3O. The fraction of sp³-hybridized carbons (Fsp3) is 0.611. The first-order chi connectivity index (χ1) is 10.3. The number of carbonyl (C=O) groups excluding carboxylic acids is 1. The van der Waals surface area contributed by atoms with Crippen LogP contribution in [-0.4, -0.2) is 36.0 Å². The number of hydrogen-bond donors (Lipinski definition) is 2. The number of carbonyl (C=O) groups is 1. The number of nitrogens with one attached hydrogen (secondary N) is 1. The van der Waals surface area contributed by atoms with Gasteiger partial charge in [0, 0.05) is 25.7 Å². The van der Waals surface area contributed by atoms with E-state index in [1.807, 2.05) is 0 Å². The molecular weight excluding hydrogens is 345 g/mol. The van der Waals surface area contributed by atoms with Crippen molar-refractivity contribution in [3.8, 4) is 0 Å². The third-order valence-electron chi connectivity index (χ3n) is 4.43. The second-order valence-electron chi connectivity index (χ2n) is 7.47. The third kappa shape index (κ3) is 6.25. The summed E-state index contributed by atoms with van der Waals surface area (Å²) in [5.41, 5.74) is 8.55. The second kappa shape index (κ2) is 9.62. The molecule has 6 heteroatoms. The Labute approximate surface area is 158 Å². The molecule has 2 atom stereocenters. The van der Waals surface area contributed by atoms with E-state index in [0.29, 0.717) is 0 Å². The number of halogens is 2. The lowest BCUT2D eigenvalue weighted by atomic mass is 9.85. The fourth-order valence-corrected chi connectivity index (χ4v) is 2.81. The number of nitrogens with zero attached hydrogens (tertiary/aromatic N) is 1. The van der Waals surface area contributed by atoms with Gasteiger partial charge in [0.05, 0.1) is 6.04 Å². The van der Waals surface area contributed by atoms with Gasteiger partial charge in [0.1, 0.15) is 0 Å². The van der Waals surface area contributed by atoms with Crippen molar-refractivity contribution < 1.29 is 4.79 Å². The zero-order valence-corrected chi connectivity index (χ0v) is 16.7. The molecule has 1 aliphatic heterocycles. The van der Waals surface area contributed by atoms with Gasteiger partial charge in [0.2, 0.25) is 5.91 Å². The maximum atomic E-state index is 12.0. The van der Waals surface area contributed by atoms with Gasteiger partial charge >= 0.3 is 0 Å². The molecule has 0 saturated heterocycles. The minimum atomic E-state index is -0.466. The Morgan fingerprint density at radius 2 is 1.83 bits per heavy atom. The van der Waals surface area contributed by atoms with Crippen LogP contribution >= 0.6 is 24.8 Å². The SMILES string of the molecule is C[C@@H](N)C(=O)NC(CN1CCc2ccccc2C1)C(C)(C)C.Cl.Cl. The molecule has 1 heterocycles. The van der Waals surface area contributed by atoms with E-state index in [9.17, 15) is 4.79 Å². The summed E-state index contributed by atoms with van der Waals surface area (Å²) in [5, 5.41) is 3.12. The molecule has 1 aromatic carbocycles. The van der Waals surface area contributed by atoms with Crippen molar-refractivity contribution in [2.75, 3.05) is 13.1 Å². The van der Waals surface area contributed by atoms with Gasteiger partial charge < -0.3 is 11.1 Å². The molecule has 0 bridgehead atoms. The molecule has 0 radical (unpaired) electrons. The summed E-state index contributed by atoms with van der Waals surface area (Å²) in [6, 6.07) is 8.25. The van der Waals surface area contributed by atoms with E-state index in [-0.39, 0.29) is 42.2 Å². The maximum absolute atomic E-state index is 12.0. The summed E-state index contributed by atoms with van der Waals surface area (Å²) < 4.78 is 0. The van der Waals surface area contributed by atoms with Crippen molar-refractivity contribution in [1.82, 2.24) is 10.2 Å². The van der Waals surface area contributed by atoms with Crippen LogP contribution in [0.5, 0.6) is 0 Å². The molecule has 3 N–H and O–H groups in total. The predicted molar refractivity (Wildman–Crippen MR) is 105 cm³/mol. The Morgan fingerprint density at radius 1 is 1.25 bits per heavy atom. The highest BCUT2D eigenvalue weighted by molar-refractivity contribution is 5.85. The lowest BCUT2D eigenvalue weighted by Crippen LogP contribution is -2.54. The summed E-state index contributed by atoms with van der Waals surface area (Å²) in [6.07, 6.45) is 1.08. The first-order valence-electron chi connectivity index (χ1n) is 8.12. The van der Waals surface area contributed by atoms with Gasteiger partial charge in [-0.1, -0.05) is 45.0 Å². The monoisotopic (exact) mass is 375 g/mol. The van der Waals surface area contributed by atoms with Crippen molar-refractivity contribution in [2.24, 2.45) is 11.1 Å². The summed E-state index contributed by atoms with van der Waals surface area (Å²) in [6.45, 7) is 11.1. The molecule has 0 spiro atoms. The third-order valence-corrected chi connectivity index (χ3v) is 4.43. The largest absolute Gasteiger partial charge is 0.350 e. The summed E-state index contributed by atoms with van der Waals surface area (Å²) in [7, 11) is 0. The highest BCUT2D eigenvalue weighted by Gasteiger charge is 2.30. The van der Waals surface area contributed by atoms with Crippen LogP contribution in [0.2, 0.25) is 0 Å². The van der Waals surface area contributed by atoms with E-state index in [2.05, 4.69) is 55.3 Å². The van der Waals surface area contributed by atoms with Crippen LogP contribution < -0.4 is 11.1 Å². The van der Waals surface area contributed by atoms with Gasteiger partial charge in [-0.05, 0) is 29.9 Å². The van der Waals surface area contributed by atoms with Crippen LogP contribution in [0.1, 0.15) is 38.8 Å². The highest BCUT2D eigenvalue weighted by Crippen LogP contribution is 2.24. The molecule has 24 heavy (non-hydrogen) atoms. The van der Waals surface area contributed by atoms with Crippen molar-refractivity contribution in [3.05, 3.63) is 35.4 Å². The van der Waals surface area contributed by atoms with E-state index >= 15 is 0 Å². The van der Waals surface area contributed by atoms with Gasteiger partial charge in [-0.2, -0.15) is 0 Å². The first-order valence-corrected chi connectivity index (χ1v) is 8.12. The predicted octanol–water partition coefficient (Wildman–Crippen LogP) is 2.77. The van der Waals surface area contributed by atoms with Crippen LogP contribution in [0.25, 0.3) is 0 Å². The Balaban J connectivity index is 0.00000264. The van der Waals surface area contributed by atoms with E-state index in [0.717, 1.165) is 26.1 Å². The van der Waals surface area contributed by atoms with Crippen LogP contribution in [-0.2, 0) is 17.8 Å². The van der Waals surface area contributed by atoms with Crippen molar-refractivity contribution >= 4 is 30.7 Å². The van der Waals surface area contributed by atoms with Gasteiger partial charge in [0.25, 0.3) is 0 Å². The van der Waals surface area contributed by atoms with Gasteiger partial charge in [-0.25, -0.2) is 0 Å². The minimum absolute atomic E-state index is 0. The summed E-state index contributed by atoms with van der Waals surface area (Å²) in [5.74, 6) is -0.0719. The number of hydrogen-bond acceptors (Lipinski definition) is 3. The lowest BCUT2D eigenvalue weighted by Gasteiger charge is -2.38. The number of amides is 1. The average molecular weight is 376 g/mol. The van der Waals surface area contributed by atoms with Gasteiger partial charge in [0.15, 0.2) is 0 Å². The molecule has 0 saturated carbocycles. The molecule has 1 aliphatic rings. The van der Waals surface area contributed by atoms with Crippen LogP contribution in [0.3, 0.4) is 0 Å². The quantitative estimate of drug-likeness (QED) is 0.850. The van der Waals surface area contributed by atoms with E-state index in [1.165, 1.54) is 11.1 Å². The number of benzene rings is 1. The van der Waals surface area contributed by atoms with Crippen molar-refractivity contribution in [2.45, 2.75) is 52.7 Å². The maximum Gasteiger partial charge on any atom is 0.236 e. The second-order valence-corrected chi connectivity index (χ2v) is 7.47. The lowest BCUT2D eigenvalue weighted by molar-refractivity contribution is -0.123. The topological polar surface area (TPSA) is 58.4 Å². The van der Waals surface area contributed by atoms with Crippen LogP contribution in [0, 0.1) is 5.41 Å². The average Bonchev–Trinajstić information content (AvgIpc) is 2.45. The highest BCUT2D eigenvalue weighted by atomic mass is 35.5. The normalized spacial score (nSPS) is 16.9. The molecule has 1 aromatic rings. The zero-order valence-electron chi connectivity index (χ0n) is 15.0. The first kappa shape index (κ1) is 23.2. The fourth-order valence-electron chi connectivity index (χ4n) is 2.81. The van der Waals surface area contributed by atoms with Crippen molar-refractivity contribution in [1.29, 1.82) is 0 Å². The molecule has 0 fully saturated rings. The van der Waals surface area contributed by atoms with Gasteiger partial charge in [-0.3, -0.25) is 9.69 Å².